The Morgan fingerprint density at radius 1 is 1.44 bits per heavy atom. The van der Waals surface area contributed by atoms with Crippen molar-refractivity contribution in [3.8, 4) is 0 Å². The molecule has 8 heteroatoms. The molecular formula is C8H14N2O6. The van der Waals surface area contributed by atoms with Crippen molar-refractivity contribution in [1.82, 2.24) is 0 Å². The quantitative estimate of drug-likeness (QED) is 0.303. The van der Waals surface area contributed by atoms with Gasteiger partial charge in [0.15, 0.2) is 0 Å². The van der Waals surface area contributed by atoms with E-state index < -0.39 is 36.1 Å². The molecule has 0 aromatic rings. The van der Waals surface area contributed by atoms with Crippen LogP contribution in [-0.2, 0) is 19.1 Å². The Labute approximate surface area is 91.2 Å². The van der Waals surface area contributed by atoms with Gasteiger partial charge in [-0.05, 0) is 6.92 Å². The highest BCUT2D eigenvalue weighted by Gasteiger charge is 2.39. The second kappa shape index (κ2) is 5.42. The van der Waals surface area contributed by atoms with Gasteiger partial charge in [0, 0.05) is 12.8 Å². The number of ether oxygens (including phenoxy) is 1. The molecule has 0 spiro atoms. The summed E-state index contributed by atoms with van der Waals surface area (Å²) in [6, 6.07) is 0. The maximum atomic E-state index is 11.0. The summed E-state index contributed by atoms with van der Waals surface area (Å²) in [4.78, 5) is 32.2. The molecule has 0 aromatic carbocycles. The molecule has 0 radical (unpaired) electrons. The number of carbonyl (C=O) groups is 3. The summed E-state index contributed by atoms with van der Waals surface area (Å²) in [6.45, 7) is 1.10. The second-order valence-corrected chi connectivity index (χ2v) is 3.26. The molecular weight excluding hydrogens is 220 g/mol. The maximum Gasteiger partial charge on any atom is 0.363 e. The van der Waals surface area contributed by atoms with Crippen LogP contribution in [0, 0.1) is 0 Å². The molecule has 6 N–H and O–H groups in total. The Balaban J connectivity index is 4.63. The molecule has 0 saturated heterocycles. The highest BCUT2D eigenvalue weighted by Crippen LogP contribution is 2.13. The lowest BCUT2D eigenvalue weighted by Gasteiger charge is -2.24. The summed E-state index contributed by atoms with van der Waals surface area (Å²) in [5.41, 5.74) is 7.72. The van der Waals surface area contributed by atoms with Crippen LogP contribution in [0.5, 0.6) is 0 Å². The lowest BCUT2D eigenvalue weighted by molar-refractivity contribution is -0.184. The van der Waals surface area contributed by atoms with Crippen molar-refractivity contribution in [2.24, 2.45) is 11.5 Å². The van der Waals surface area contributed by atoms with E-state index in [1.165, 1.54) is 0 Å². The molecule has 2 unspecified atom stereocenters. The lowest BCUT2D eigenvalue weighted by atomic mass is 10.1. The third-order valence-corrected chi connectivity index (χ3v) is 1.73. The van der Waals surface area contributed by atoms with E-state index >= 15 is 0 Å². The number of aliphatic hydroxyl groups excluding tert-OH is 1. The summed E-state index contributed by atoms with van der Waals surface area (Å²) >= 11 is 0. The Morgan fingerprint density at radius 2 is 1.94 bits per heavy atom. The average Bonchev–Trinajstić information content (AvgIpc) is 2.14. The Morgan fingerprint density at radius 3 is 2.25 bits per heavy atom. The van der Waals surface area contributed by atoms with Crippen LogP contribution in [0.15, 0.2) is 0 Å². The van der Waals surface area contributed by atoms with E-state index in [2.05, 4.69) is 4.74 Å². The van der Waals surface area contributed by atoms with E-state index in [1.54, 1.807) is 0 Å². The van der Waals surface area contributed by atoms with Crippen molar-refractivity contribution in [3.63, 3.8) is 0 Å². The first-order chi connectivity index (χ1) is 7.19. The number of carbonyl (C=O) groups excluding carboxylic acids is 2. The fourth-order valence-electron chi connectivity index (χ4n) is 0.775. The summed E-state index contributed by atoms with van der Waals surface area (Å²) in [6.07, 6.45) is -2.32. The normalized spacial score (nSPS) is 15.9. The fourth-order valence-corrected chi connectivity index (χ4v) is 0.775. The molecule has 1 amide bonds. The predicted octanol–water partition coefficient (Wildman–Crippen LogP) is -2.08. The first kappa shape index (κ1) is 14.3. The van der Waals surface area contributed by atoms with Crippen molar-refractivity contribution in [2.75, 3.05) is 0 Å². The molecule has 0 aliphatic carbocycles. The van der Waals surface area contributed by atoms with Gasteiger partial charge in [-0.3, -0.25) is 10.5 Å². The molecule has 0 saturated carbocycles. The SMILES string of the molecule is CC(O)C(=O)OC(N)(CCC(N)=O)C(=O)O. The average molecular weight is 234 g/mol. The van der Waals surface area contributed by atoms with Crippen LogP contribution in [0.3, 0.4) is 0 Å². The van der Waals surface area contributed by atoms with Crippen LogP contribution >= 0.6 is 0 Å². The number of rotatable bonds is 6. The minimum atomic E-state index is -2.36. The van der Waals surface area contributed by atoms with Gasteiger partial charge in [-0.25, -0.2) is 9.59 Å². The maximum absolute atomic E-state index is 11.0. The zero-order valence-electron chi connectivity index (χ0n) is 8.67. The van der Waals surface area contributed by atoms with E-state index in [9.17, 15) is 14.4 Å². The molecule has 2 atom stereocenters. The number of hydrogen-bond acceptors (Lipinski definition) is 6. The van der Waals surface area contributed by atoms with Crippen molar-refractivity contribution in [1.29, 1.82) is 0 Å². The van der Waals surface area contributed by atoms with Crippen LogP contribution in [0.25, 0.3) is 0 Å². The van der Waals surface area contributed by atoms with E-state index in [-0.39, 0.29) is 6.42 Å². The molecule has 0 rings (SSSR count). The van der Waals surface area contributed by atoms with Crippen LogP contribution < -0.4 is 11.5 Å². The van der Waals surface area contributed by atoms with Crippen molar-refractivity contribution in [3.05, 3.63) is 0 Å². The van der Waals surface area contributed by atoms with Crippen LogP contribution in [-0.4, -0.2) is 39.9 Å². The number of carboxylic acid groups (broad SMARTS) is 1. The van der Waals surface area contributed by atoms with Gasteiger partial charge in [0.2, 0.25) is 5.91 Å². The van der Waals surface area contributed by atoms with Gasteiger partial charge < -0.3 is 20.7 Å². The molecule has 0 bridgehead atoms. The zero-order valence-corrected chi connectivity index (χ0v) is 8.67. The third-order valence-electron chi connectivity index (χ3n) is 1.73. The molecule has 0 aliphatic heterocycles. The number of carboxylic acids is 1. The fraction of sp³-hybridized carbons (Fsp3) is 0.625. The number of hydrogen-bond donors (Lipinski definition) is 4. The van der Waals surface area contributed by atoms with Gasteiger partial charge in [-0.2, -0.15) is 0 Å². The number of aliphatic hydroxyl groups is 1. The van der Waals surface area contributed by atoms with Crippen molar-refractivity contribution >= 4 is 17.8 Å². The Hall–Kier alpha value is -1.67. The van der Waals surface area contributed by atoms with Crippen molar-refractivity contribution in [2.45, 2.75) is 31.6 Å². The van der Waals surface area contributed by atoms with Gasteiger partial charge in [-0.15, -0.1) is 0 Å². The molecule has 92 valence electrons. The lowest BCUT2D eigenvalue weighted by Crippen LogP contribution is -2.53. The van der Waals surface area contributed by atoms with E-state index in [0.29, 0.717) is 0 Å². The number of nitrogens with two attached hydrogens (primary N) is 2. The molecule has 0 aromatic heterocycles. The Kier molecular flexibility index (Phi) is 4.86. The molecule has 8 nitrogen and oxygen atoms in total. The van der Waals surface area contributed by atoms with Gasteiger partial charge in [0.25, 0.3) is 5.72 Å². The summed E-state index contributed by atoms with van der Waals surface area (Å²) < 4.78 is 4.39. The standard InChI is InChI=1S/C8H14N2O6/c1-4(11)6(13)16-8(10,7(14)15)3-2-5(9)12/h4,11H,2-3,10H2,1H3,(H2,9,12)(H,14,15). The van der Waals surface area contributed by atoms with Crippen LogP contribution in [0.1, 0.15) is 19.8 Å². The van der Waals surface area contributed by atoms with E-state index in [0.717, 1.165) is 6.92 Å². The zero-order chi connectivity index (χ0) is 12.9. The molecule has 0 fully saturated rings. The van der Waals surface area contributed by atoms with Gasteiger partial charge >= 0.3 is 11.9 Å². The first-order valence-electron chi connectivity index (χ1n) is 4.40. The predicted molar refractivity (Wildman–Crippen MR) is 50.8 cm³/mol. The monoisotopic (exact) mass is 234 g/mol. The summed E-state index contributed by atoms with van der Waals surface area (Å²) in [7, 11) is 0. The molecule has 16 heavy (non-hydrogen) atoms. The largest absolute Gasteiger partial charge is 0.477 e. The highest BCUT2D eigenvalue weighted by molar-refractivity contribution is 5.83. The van der Waals surface area contributed by atoms with Crippen LogP contribution in [0.2, 0.25) is 0 Å². The van der Waals surface area contributed by atoms with E-state index in [1.807, 2.05) is 0 Å². The number of aliphatic carboxylic acids is 1. The number of amides is 1. The molecule has 0 heterocycles. The van der Waals surface area contributed by atoms with Gasteiger partial charge in [-0.1, -0.05) is 0 Å². The van der Waals surface area contributed by atoms with Crippen molar-refractivity contribution < 1.29 is 29.3 Å². The summed E-state index contributed by atoms with van der Waals surface area (Å²) in [5.74, 6) is -3.58. The number of esters is 1. The minimum Gasteiger partial charge on any atom is -0.477 e. The van der Waals surface area contributed by atoms with Gasteiger partial charge in [0.05, 0.1) is 0 Å². The number of primary amides is 1. The van der Waals surface area contributed by atoms with Crippen LogP contribution in [0.4, 0.5) is 0 Å². The highest BCUT2D eigenvalue weighted by atomic mass is 16.6. The molecule has 0 aliphatic rings. The second-order valence-electron chi connectivity index (χ2n) is 3.26. The Bertz CT molecular complexity index is 303. The smallest absolute Gasteiger partial charge is 0.363 e. The third kappa shape index (κ3) is 4.24. The van der Waals surface area contributed by atoms with Gasteiger partial charge in [0.1, 0.15) is 6.10 Å². The topological polar surface area (TPSA) is 153 Å². The van der Waals surface area contributed by atoms with E-state index in [4.69, 9.17) is 21.7 Å². The first-order valence-corrected chi connectivity index (χ1v) is 4.40. The summed E-state index contributed by atoms with van der Waals surface area (Å²) in [5, 5.41) is 17.6. The minimum absolute atomic E-state index is 0.351.